The van der Waals surface area contributed by atoms with Gasteiger partial charge in [0, 0.05) is 9.86 Å². The molecule has 2 aromatic carbocycles. The van der Waals surface area contributed by atoms with Gasteiger partial charge in [0.15, 0.2) is 0 Å². The van der Waals surface area contributed by atoms with Gasteiger partial charge in [-0.15, -0.1) is 0 Å². The van der Waals surface area contributed by atoms with Gasteiger partial charge < -0.3 is 4.74 Å². The van der Waals surface area contributed by atoms with E-state index in [0.29, 0.717) is 0 Å². The molecular weight excluding hydrogens is 276 g/mol. The minimum atomic E-state index is 0.774. The molecule has 0 heterocycles. The molecule has 1 nitrogen and oxygen atoms in total. The van der Waals surface area contributed by atoms with Crippen LogP contribution in [-0.2, 0) is 0 Å². The topological polar surface area (TPSA) is 9.23 Å². The summed E-state index contributed by atoms with van der Waals surface area (Å²) in [6, 6.07) is 12.4. The van der Waals surface area contributed by atoms with Crippen LogP contribution < -0.4 is 4.74 Å². The molecule has 0 aliphatic heterocycles. The normalized spacial score (nSPS) is 10.7. The number of unbranched alkanes of at least 4 members (excludes halogenated alkanes) is 2. The highest BCUT2D eigenvalue weighted by Gasteiger charge is 2.04. The summed E-state index contributed by atoms with van der Waals surface area (Å²) in [5, 5.41) is 2.37. The van der Waals surface area contributed by atoms with E-state index in [4.69, 9.17) is 4.74 Å². The fourth-order valence-corrected chi connectivity index (χ4v) is 2.31. The Hall–Kier alpha value is -1.02. The maximum Gasteiger partial charge on any atom is 0.127 e. The lowest BCUT2D eigenvalue weighted by molar-refractivity contribution is 0.314. The SMILES string of the molecule is C[CH]CCCOc1ccc(Br)c2ccccc12. The van der Waals surface area contributed by atoms with Crippen molar-refractivity contribution < 1.29 is 4.74 Å². The minimum Gasteiger partial charge on any atom is -0.493 e. The molecule has 1 radical (unpaired) electrons. The van der Waals surface area contributed by atoms with Gasteiger partial charge in [-0.05, 0) is 36.8 Å². The van der Waals surface area contributed by atoms with Crippen molar-refractivity contribution in [2.45, 2.75) is 19.8 Å². The van der Waals surface area contributed by atoms with Crippen LogP contribution in [0.5, 0.6) is 5.75 Å². The van der Waals surface area contributed by atoms with Crippen LogP contribution in [0, 0.1) is 6.42 Å². The number of rotatable bonds is 5. The standard InChI is InChI=1S/C15H16BrO/c1-2-3-6-11-17-15-10-9-14(16)12-7-4-5-8-13(12)15/h2,4-5,7-10H,3,6,11H2,1H3. The van der Waals surface area contributed by atoms with Gasteiger partial charge in [0.2, 0.25) is 0 Å². The number of hydrogen-bond acceptors (Lipinski definition) is 1. The number of ether oxygens (including phenoxy) is 1. The Balaban J connectivity index is 2.20. The van der Waals surface area contributed by atoms with Gasteiger partial charge in [-0.1, -0.05) is 47.1 Å². The first kappa shape index (κ1) is 12.4. The third kappa shape index (κ3) is 3.01. The highest BCUT2D eigenvalue weighted by molar-refractivity contribution is 9.10. The van der Waals surface area contributed by atoms with Crippen LogP contribution in [0.25, 0.3) is 10.8 Å². The van der Waals surface area contributed by atoms with Gasteiger partial charge in [-0.25, -0.2) is 0 Å². The molecule has 0 aromatic heterocycles. The highest BCUT2D eigenvalue weighted by Crippen LogP contribution is 2.31. The van der Waals surface area contributed by atoms with E-state index in [9.17, 15) is 0 Å². The Kier molecular flexibility index (Phi) is 4.43. The van der Waals surface area contributed by atoms with Gasteiger partial charge in [0.1, 0.15) is 5.75 Å². The summed E-state index contributed by atoms with van der Waals surface area (Å²) in [7, 11) is 0. The van der Waals surface area contributed by atoms with Crippen molar-refractivity contribution in [3.8, 4) is 5.75 Å². The van der Waals surface area contributed by atoms with Crippen LogP contribution in [-0.4, -0.2) is 6.61 Å². The second-order valence-corrected chi connectivity index (χ2v) is 4.84. The Morgan fingerprint density at radius 2 is 1.88 bits per heavy atom. The Bertz CT molecular complexity index is 493. The molecule has 2 heteroatoms. The van der Waals surface area contributed by atoms with Crippen molar-refractivity contribution in [2.75, 3.05) is 6.61 Å². The van der Waals surface area contributed by atoms with Gasteiger partial charge in [-0.3, -0.25) is 0 Å². The van der Waals surface area contributed by atoms with E-state index in [2.05, 4.69) is 41.4 Å². The Morgan fingerprint density at radius 1 is 1.12 bits per heavy atom. The molecule has 0 saturated carbocycles. The van der Waals surface area contributed by atoms with Crippen molar-refractivity contribution in [1.29, 1.82) is 0 Å². The third-order valence-corrected chi connectivity index (χ3v) is 3.42. The average Bonchev–Trinajstić information content (AvgIpc) is 2.37. The molecule has 0 atom stereocenters. The summed E-state index contributed by atoms with van der Waals surface area (Å²) in [4.78, 5) is 0. The molecule has 0 unspecified atom stereocenters. The summed E-state index contributed by atoms with van der Waals surface area (Å²) in [5.41, 5.74) is 0. The molecule has 0 aliphatic rings. The first-order valence-electron chi connectivity index (χ1n) is 5.91. The van der Waals surface area contributed by atoms with Crippen LogP contribution in [0.2, 0.25) is 0 Å². The lowest BCUT2D eigenvalue weighted by Gasteiger charge is -2.10. The zero-order chi connectivity index (χ0) is 12.1. The van der Waals surface area contributed by atoms with Crippen LogP contribution in [0.15, 0.2) is 40.9 Å². The van der Waals surface area contributed by atoms with Crippen LogP contribution in [0.1, 0.15) is 19.8 Å². The summed E-state index contributed by atoms with van der Waals surface area (Å²) >= 11 is 3.56. The summed E-state index contributed by atoms with van der Waals surface area (Å²) in [6.07, 6.45) is 4.35. The average molecular weight is 292 g/mol. The second kappa shape index (κ2) is 6.06. The van der Waals surface area contributed by atoms with E-state index in [0.717, 1.165) is 29.7 Å². The molecule has 0 aliphatic carbocycles. The lowest BCUT2D eigenvalue weighted by Crippen LogP contribution is -1.97. The number of benzene rings is 2. The largest absolute Gasteiger partial charge is 0.493 e. The molecule has 0 saturated heterocycles. The zero-order valence-corrected chi connectivity index (χ0v) is 11.5. The zero-order valence-electron chi connectivity index (χ0n) is 9.95. The van der Waals surface area contributed by atoms with Gasteiger partial charge in [0.25, 0.3) is 0 Å². The quantitative estimate of drug-likeness (QED) is 0.706. The number of hydrogen-bond donors (Lipinski definition) is 0. The Morgan fingerprint density at radius 3 is 2.65 bits per heavy atom. The summed E-state index contributed by atoms with van der Waals surface area (Å²) in [5.74, 6) is 0.972. The first-order valence-corrected chi connectivity index (χ1v) is 6.70. The van der Waals surface area contributed by atoms with E-state index >= 15 is 0 Å². The second-order valence-electron chi connectivity index (χ2n) is 3.99. The van der Waals surface area contributed by atoms with Crippen molar-refractivity contribution in [1.82, 2.24) is 0 Å². The number of halogens is 1. The predicted molar refractivity (Wildman–Crippen MR) is 76.4 cm³/mol. The van der Waals surface area contributed by atoms with Gasteiger partial charge in [-0.2, -0.15) is 0 Å². The van der Waals surface area contributed by atoms with E-state index in [1.807, 2.05) is 24.3 Å². The van der Waals surface area contributed by atoms with E-state index in [1.54, 1.807) is 0 Å². The molecule has 0 fully saturated rings. The Labute approximate surface area is 111 Å². The van der Waals surface area contributed by atoms with E-state index in [-0.39, 0.29) is 0 Å². The van der Waals surface area contributed by atoms with E-state index in [1.165, 1.54) is 10.8 Å². The molecular formula is C15H16BrO. The summed E-state index contributed by atoms with van der Waals surface area (Å²) in [6.45, 7) is 2.85. The molecule has 0 N–H and O–H groups in total. The van der Waals surface area contributed by atoms with Crippen LogP contribution in [0.4, 0.5) is 0 Å². The van der Waals surface area contributed by atoms with Crippen LogP contribution in [0.3, 0.4) is 0 Å². The van der Waals surface area contributed by atoms with Crippen LogP contribution >= 0.6 is 15.9 Å². The monoisotopic (exact) mass is 291 g/mol. The smallest absolute Gasteiger partial charge is 0.127 e. The molecule has 0 spiro atoms. The number of fused-ring (bicyclic) bond motifs is 1. The fraction of sp³-hybridized carbons (Fsp3) is 0.267. The fourth-order valence-electron chi connectivity index (χ4n) is 1.83. The van der Waals surface area contributed by atoms with Gasteiger partial charge >= 0.3 is 0 Å². The molecule has 0 bridgehead atoms. The lowest BCUT2D eigenvalue weighted by atomic mass is 10.1. The van der Waals surface area contributed by atoms with Crippen molar-refractivity contribution >= 4 is 26.7 Å². The third-order valence-electron chi connectivity index (χ3n) is 2.73. The van der Waals surface area contributed by atoms with Crippen molar-refractivity contribution in [2.24, 2.45) is 0 Å². The maximum atomic E-state index is 5.84. The van der Waals surface area contributed by atoms with Crippen molar-refractivity contribution in [3.05, 3.63) is 47.3 Å². The predicted octanol–water partition coefficient (Wildman–Crippen LogP) is 4.99. The maximum absolute atomic E-state index is 5.84. The molecule has 2 rings (SSSR count). The van der Waals surface area contributed by atoms with Crippen molar-refractivity contribution in [3.63, 3.8) is 0 Å². The minimum absolute atomic E-state index is 0.774. The van der Waals surface area contributed by atoms with E-state index < -0.39 is 0 Å². The molecule has 0 amide bonds. The summed E-state index contributed by atoms with van der Waals surface area (Å²) < 4.78 is 6.95. The molecule has 89 valence electrons. The highest BCUT2D eigenvalue weighted by atomic mass is 79.9. The first-order chi connectivity index (χ1) is 8.33. The van der Waals surface area contributed by atoms with Gasteiger partial charge in [0.05, 0.1) is 6.61 Å². The molecule has 2 aromatic rings. The molecule has 17 heavy (non-hydrogen) atoms.